The summed E-state index contributed by atoms with van der Waals surface area (Å²) in [6.07, 6.45) is -0.365. The fourth-order valence-corrected chi connectivity index (χ4v) is 1.80. The number of hydrogen-bond acceptors (Lipinski definition) is 7. The molecule has 11 nitrogen and oxygen atoms in total. The minimum Gasteiger partial charge on any atom is -0.481 e. The van der Waals surface area contributed by atoms with Gasteiger partial charge in [-0.2, -0.15) is 12.6 Å². The molecule has 0 spiro atoms. The monoisotopic (exact) mass is 378 g/mol. The van der Waals surface area contributed by atoms with Gasteiger partial charge in [0.15, 0.2) is 0 Å². The summed E-state index contributed by atoms with van der Waals surface area (Å²) in [4.78, 5) is 56.2. The molecule has 0 heterocycles. The van der Waals surface area contributed by atoms with Gasteiger partial charge in [-0.3, -0.25) is 19.2 Å². The molecule has 0 aromatic carbocycles. The molecule has 0 aromatic rings. The number of nitrogens with two attached hydrogens (primary N) is 1. The number of amides is 3. The van der Waals surface area contributed by atoms with E-state index in [4.69, 9.17) is 15.9 Å². The molecule has 0 aliphatic heterocycles. The number of thiol groups is 1. The van der Waals surface area contributed by atoms with E-state index in [0.29, 0.717) is 0 Å². The molecule has 0 bridgehead atoms. The van der Waals surface area contributed by atoms with Crippen molar-refractivity contribution in [3.05, 3.63) is 0 Å². The van der Waals surface area contributed by atoms with Gasteiger partial charge in [-0.15, -0.1) is 0 Å². The van der Waals surface area contributed by atoms with Gasteiger partial charge in [0.2, 0.25) is 17.7 Å². The zero-order chi connectivity index (χ0) is 19.6. The van der Waals surface area contributed by atoms with E-state index < -0.39 is 54.3 Å². The smallest absolute Gasteiger partial charge is 0.327 e. The van der Waals surface area contributed by atoms with Gasteiger partial charge in [-0.05, 0) is 13.3 Å². The van der Waals surface area contributed by atoms with Crippen molar-refractivity contribution in [3.63, 3.8) is 0 Å². The van der Waals surface area contributed by atoms with E-state index in [1.165, 1.54) is 6.92 Å². The topological polar surface area (TPSA) is 188 Å². The quantitative estimate of drug-likeness (QED) is 0.189. The minimum absolute atomic E-state index is 0.0814. The molecule has 0 rings (SSSR count). The standard InChI is InChI=1S/C13H22N4O7S/c1-6(11(21)17-8(5-25)13(23)24)16-9(18)4-15-12(22)7(14)2-3-10(19)20/h6-8,25H,2-5,14H2,1H3,(H,15,22)(H,16,18)(H,17,21)(H,19,20)(H,23,24). The number of carbonyl (C=O) groups excluding carboxylic acids is 3. The Balaban J connectivity index is 4.27. The summed E-state index contributed by atoms with van der Waals surface area (Å²) in [5.74, 6) is -4.59. The summed E-state index contributed by atoms with van der Waals surface area (Å²) in [6, 6.07) is -3.30. The third-order valence-electron chi connectivity index (χ3n) is 3.00. The van der Waals surface area contributed by atoms with Crippen LogP contribution in [0.4, 0.5) is 0 Å². The van der Waals surface area contributed by atoms with Crippen molar-refractivity contribution in [2.75, 3.05) is 12.3 Å². The Bertz CT molecular complexity index is 529. The van der Waals surface area contributed by atoms with Crippen molar-refractivity contribution in [1.29, 1.82) is 0 Å². The summed E-state index contributed by atoms with van der Waals surface area (Å²) in [5.41, 5.74) is 5.47. The van der Waals surface area contributed by atoms with Gasteiger partial charge >= 0.3 is 11.9 Å². The normalized spacial score (nSPS) is 13.9. The van der Waals surface area contributed by atoms with Crippen molar-refractivity contribution in [2.24, 2.45) is 5.73 Å². The molecular weight excluding hydrogens is 356 g/mol. The van der Waals surface area contributed by atoms with E-state index >= 15 is 0 Å². The van der Waals surface area contributed by atoms with Gasteiger partial charge in [-0.1, -0.05) is 0 Å². The summed E-state index contributed by atoms with van der Waals surface area (Å²) in [5, 5.41) is 24.0. The van der Waals surface area contributed by atoms with Crippen molar-refractivity contribution in [1.82, 2.24) is 16.0 Å². The van der Waals surface area contributed by atoms with Crippen LogP contribution >= 0.6 is 12.6 Å². The second kappa shape index (κ2) is 11.3. The lowest BCUT2D eigenvalue weighted by molar-refractivity contribution is -0.141. The highest BCUT2D eigenvalue weighted by atomic mass is 32.1. The van der Waals surface area contributed by atoms with Crippen molar-refractivity contribution in [3.8, 4) is 0 Å². The molecule has 0 aliphatic carbocycles. The SMILES string of the molecule is CC(NC(=O)CNC(=O)C(N)CCC(=O)O)C(=O)NC(CS)C(=O)O. The van der Waals surface area contributed by atoms with Crippen LogP contribution in [0.15, 0.2) is 0 Å². The zero-order valence-electron chi connectivity index (χ0n) is 13.5. The number of carbonyl (C=O) groups is 5. The van der Waals surface area contributed by atoms with Crippen LogP contribution in [-0.4, -0.2) is 70.3 Å². The fraction of sp³-hybridized carbons (Fsp3) is 0.615. The molecule has 3 unspecified atom stereocenters. The highest BCUT2D eigenvalue weighted by molar-refractivity contribution is 7.80. The van der Waals surface area contributed by atoms with Crippen LogP contribution in [0, 0.1) is 0 Å². The first-order chi connectivity index (χ1) is 11.6. The number of carboxylic acid groups (broad SMARTS) is 2. The van der Waals surface area contributed by atoms with Crippen LogP contribution < -0.4 is 21.7 Å². The lowest BCUT2D eigenvalue weighted by Crippen LogP contribution is -2.53. The van der Waals surface area contributed by atoms with E-state index in [0.717, 1.165) is 0 Å². The minimum atomic E-state index is -1.26. The Hall–Kier alpha value is -2.34. The first kappa shape index (κ1) is 22.7. The van der Waals surface area contributed by atoms with Crippen LogP contribution in [0.1, 0.15) is 19.8 Å². The Morgan fingerprint density at radius 3 is 2.16 bits per heavy atom. The zero-order valence-corrected chi connectivity index (χ0v) is 14.4. The Kier molecular flexibility index (Phi) is 10.2. The van der Waals surface area contributed by atoms with Gasteiger partial charge in [0.05, 0.1) is 12.6 Å². The molecule has 3 atom stereocenters. The highest BCUT2D eigenvalue weighted by Gasteiger charge is 2.23. The first-order valence-electron chi connectivity index (χ1n) is 7.27. The van der Waals surface area contributed by atoms with E-state index in [1.54, 1.807) is 0 Å². The third-order valence-corrected chi connectivity index (χ3v) is 3.36. The van der Waals surface area contributed by atoms with Crippen molar-refractivity contribution in [2.45, 2.75) is 37.9 Å². The van der Waals surface area contributed by atoms with Gasteiger partial charge in [0.1, 0.15) is 12.1 Å². The fourth-order valence-electron chi connectivity index (χ4n) is 1.55. The van der Waals surface area contributed by atoms with Crippen LogP contribution in [0.3, 0.4) is 0 Å². The van der Waals surface area contributed by atoms with Gasteiger partial charge in [0.25, 0.3) is 0 Å². The molecule has 12 heteroatoms. The average molecular weight is 378 g/mol. The van der Waals surface area contributed by atoms with Gasteiger partial charge < -0.3 is 31.9 Å². The van der Waals surface area contributed by atoms with Gasteiger partial charge in [0, 0.05) is 12.2 Å². The predicted molar refractivity (Wildman–Crippen MR) is 88.9 cm³/mol. The molecule has 0 fully saturated rings. The number of nitrogens with one attached hydrogen (secondary N) is 3. The molecule has 0 saturated carbocycles. The van der Waals surface area contributed by atoms with Crippen LogP contribution in [0.2, 0.25) is 0 Å². The molecule has 0 saturated heterocycles. The third kappa shape index (κ3) is 9.52. The largest absolute Gasteiger partial charge is 0.481 e. The summed E-state index contributed by atoms with van der Waals surface area (Å²) in [6.45, 7) is 0.872. The summed E-state index contributed by atoms with van der Waals surface area (Å²) < 4.78 is 0. The number of rotatable bonds is 11. The lowest BCUT2D eigenvalue weighted by Gasteiger charge is -2.18. The first-order valence-corrected chi connectivity index (χ1v) is 7.90. The van der Waals surface area contributed by atoms with Crippen LogP contribution in [0.5, 0.6) is 0 Å². The van der Waals surface area contributed by atoms with Crippen LogP contribution in [0.25, 0.3) is 0 Å². The summed E-state index contributed by atoms with van der Waals surface area (Å²) in [7, 11) is 0. The van der Waals surface area contributed by atoms with Crippen molar-refractivity contribution < 1.29 is 34.2 Å². The highest BCUT2D eigenvalue weighted by Crippen LogP contribution is 1.95. The molecule has 25 heavy (non-hydrogen) atoms. The number of hydrogen-bond donors (Lipinski definition) is 7. The Morgan fingerprint density at radius 1 is 1.08 bits per heavy atom. The average Bonchev–Trinajstić information content (AvgIpc) is 2.54. The second-order valence-corrected chi connectivity index (χ2v) is 5.49. The Labute approximate surface area is 149 Å². The van der Waals surface area contributed by atoms with E-state index in [-0.39, 0.29) is 18.6 Å². The summed E-state index contributed by atoms with van der Waals surface area (Å²) >= 11 is 3.79. The molecular formula is C13H22N4O7S. The molecule has 0 radical (unpaired) electrons. The molecule has 0 aromatic heterocycles. The maximum absolute atomic E-state index is 11.8. The lowest BCUT2D eigenvalue weighted by atomic mass is 10.1. The maximum Gasteiger partial charge on any atom is 0.327 e. The second-order valence-electron chi connectivity index (χ2n) is 5.13. The van der Waals surface area contributed by atoms with Crippen LogP contribution in [-0.2, 0) is 24.0 Å². The molecule has 7 N–H and O–H groups in total. The Morgan fingerprint density at radius 2 is 1.68 bits per heavy atom. The molecule has 142 valence electrons. The number of carboxylic acids is 2. The van der Waals surface area contributed by atoms with E-state index in [2.05, 4.69) is 28.6 Å². The number of aliphatic carboxylic acids is 2. The maximum atomic E-state index is 11.8. The molecule has 3 amide bonds. The van der Waals surface area contributed by atoms with E-state index in [1.807, 2.05) is 0 Å². The van der Waals surface area contributed by atoms with Gasteiger partial charge in [-0.25, -0.2) is 4.79 Å². The van der Waals surface area contributed by atoms with Crippen molar-refractivity contribution >= 4 is 42.3 Å². The molecule has 0 aliphatic rings. The predicted octanol–water partition coefficient (Wildman–Crippen LogP) is -2.70. The van der Waals surface area contributed by atoms with E-state index in [9.17, 15) is 24.0 Å².